The number of hydrogen-bond donors (Lipinski definition) is 1. The lowest BCUT2D eigenvalue weighted by molar-refractivity contribution is 0.233. The highest BCUT2D eigenvalue weighted by Gasteiger charge is 2.04. The van der Waals surface area contributed by atoms with Crippen LogP contribution in [0.2, 0.25) is 0 Å². The van der Waals surface area contributed by atoms with Crippen molar-refractivity contribution in [3.63, 3.8) is 0 Å². The van der Waals surface area contributed by atoms with E-state index in [0.717, 1.165) is 6.54 Å². The van der Waals surface area contributed by atoms with Crippen molar-refractivity contribution >= 4 is 9.84 Å². The highest BCUT2D eigenvalue weighted by atomic mass is 32.2. The van der Waals surface area contributed by atoms with E-state index in [1.807, 2.05) is 11.9 Å². The van der Waals surface area contributed by atoms with Gasteiger partial charge in [-0.05, 0) is 7.05 Å². The lowest BCUT2D eigenvalue weighted by Crippen LogP contribution is -2.38. The number of nitrogens with one attached hydrogen (secondary N) is 1. The molecule has 0 bridgehead atoms. The van der Waals surface area contributed by atoms with Crippen LogP contribution in [-0.2, 0) is 9.84 Å². The number of hydrogen-bond acceptors (Lipinski definition) is 4. The SMILES string of the molecule is CCN(CCS(C)(=O)=O)NC. The molecule has 0 aliphatic rings. The van der Waals surface area contributed by atoms with Crippen LogP contribution in [0.1, 0.15) is 6.92 Å². The Morgan fingerprint density at radius 1 is 1.45 bits per heavy atom. The fourth-order valence-electron chi connectivity index (χ4n) is 0.704. The molecule has 0 saturated carbocycles. The monoisotopic (exact) mass is 180 g/mol. The molecule has 0 aromatic rings. The van der Waals surface area contributed by atoms with Gasteiger partial charge in [0, 0.05) is 19.3 Å². The Balaban J connectivity index is 3.69. The third-order valence-electron chi connectivity index (χ3n) is 1.43. The van der Waals surface area contributed by atoms with Crippen molar-refractivity contribution in [1.82, 2.24) is 10.4 Å². The highest BCUT2D eigenvalue weighted by Crippen LogP contribution is 1.85. The van der Waals surface area contributed by atoms with E-state index in [9.17, 15) is 8.42 Å². The zero-order chi connectivity index (χ0) is 8.91. The maximum atomic E-state index is 10.7. The fourth-order valence-corrected chi connectivity index (χ4v) is 1.26. The molecular formula is C6H16N2O2S. The molecular weight excluding hydrogens is 164 g/mol. The molecule has 0 radical (unpaired) electrons. The average molecular weight is 180 g/mol. The van der Waals surface area contributed by atoms with Crippen LogP contribution in [-0.4, -0.2) is 45.6 Å². The maximum Gasteiger partial charge on any atom is 0.148 e. The second-order valence-corrected chi connectivity index (χ2v) is 4.69. The van der Waals surface area contributed by atoms with Gasteiger partial charge in [-0.2, -0.15) is 0 Å². The second-order valence-electron chi connectivity index (χ2n) is 2.43. The molecule has 0 rings (SSSR count). The van der Waals surface area contributed by atoms with Crippen LogP contribution < -0.4 is 5.43 Å². The molecule has 0 aromatic carbocycles. The molecule has 5 heteroatoms. The number of hydrazine groups is 1. The summed E-state index contributed by atoms with van der Waals surface area (Å²) in [5, 5.41) is 1.85. The highest BCUT2D eigenvalue weighted by molar-refractivity contribution is 7.90. The van der Waals surface area contributed by atoms with Gasteiger partial charge in [-0.3, -0.25) is 5.43 Å². The summed E-state index contributed by atoms with van der Waals surface area (Å²) in [5.74, 6) is 0.210. The van der Waals surface area contributed by atoms with Gasteiger partial charge < -0.3 is 0 Å². The molecule has 68 valence electrons. The smallest absolute Gasteiger partial charge is 0.148 e. The van der Waals surface area contributed by atoms with E-state index in [4.69, 9.17) is 0 Å². The molecule has 0 atom stereocenters. The Hall–Kier alpha value is -0.130. The van der Waals surface area contributed by atoms with Gasteiger partial charge >= 0.3 is 0 Å². The van der Waals surface area contributed by atoms with Crippen LogP contribution in [0.25, 0.3) is 0 Å². The summed E-state index contributed by atoms with van der Waals surface area (Å²) in [7, 11) is -1.04. The third kappa shape index (κ3) is 6.28. The van der Waals surface area contributed by atoms with E-state index in [1.54, 1.807) is 7.05 Å². The summed E-state index contributed by atoms with van der Waals surface area (Å²) < 4.78 is 21.4. The standard InChI is InChI=1S/C6H16N2O2S/c1-4-8(7-2)5-6-11(3,9)10/h7H,4-6H2,1-3H3. The molecule has 1 N–H and O–H groups in total. The maximum absolute atomic E-state index is 10.7. The van der Waals surface area contributed by atoms with Crippen molar-refractivity contribution in [2.75, 3.05) is 32.1 Å². The summed E-state index contributed by atoms with van der Waals surface area (Å²) >= 11 is 0. The van der Waals surface area contributed by atoms with Crippen LogP contribution in [0, 0.1) is 0 Å². The average Bonchev–Trinajstić information content (AvgIpc) is 1.88. The Labute approximate surface area is 68.5 Å². The molecule has 0 heterocycles. The molecule has 0 unspecified atom stereocenters. The van der Waals surface area contributed by atoms with E-state index in [1.165, 1.54) is 6.26 Å². The summed E-state index contributed by atoms with van der Waals surface area (Å²) in [5.41, 5.74) is 2.89. The first-order valence-electron chi connectivity index (χ1n) is 3.59. The van der Waals surface area contributed by atoms with Crippen LogP contribution in [0.15, 0.2) is 0 Å². The van der Waals surface area contributed by atoms with Crippen LogP contribution >= 0.6 is 0 Å². The van der Waals surface area contributed by atoms with Crippen molar-refractivity contribution in [2.24, 2.45) is 0 Å². The number of rotatable bonds is 5. The molecule has 0 saturated heterocycles. The Kier molecular flexibility index (Phi) is 4.63. The Morgan fingerprint density at radius 3 is 2.27 bits per heavy atom. The quantitative estimate of drug-likeness (QED) is 0.579. The second kappa shape index (κ2) is 4.69. The van der Waals surface area contributed by atoms with Gasteiger partial charge in [0.2, 0.25) is 0 Å². The van der Waals surface area contributed by atoms with Gasteiger partial charge in [-0.1, -0.05) is 6.92 Å². The first kappa shape index (κ1) is 10.9. The summed E-state index contributed by atoms with van der Waals surface area (Å²) in [6, 6.07) is 0. The first-order chi connectivity index (χ1) is 4.99. The van der Waals surface area contributed by atoms with Crippen molar-refractivity contribution < 1.29 is 8.42 Å². The summed E-state index contributed by atoms with van der Waals surface area (Å²) in [6.45, 7) is 3.33. The molecule has 0 amide bonds. The third-order valence-corrected chi connectivity index (χ3v) is 2.35. The molecule has 0 aliphatic heterocycles. The van der Waals surface area contributed by atoms with Gasteiger partial charge in [0.25, 0.3) is 0 Å². The normalized spacial score (nSPS) is 12.4. The molecule has 11 heavy (non-hydrogen) atoms. The first-order valence-corrected chi connectivity index (χ1v) is 5.65. The van der Waals surface area contributed by atoms with E-state index in [2.05, 4.69) is 5.43 Å². The van der Waals surface area contributed by atoms with E-state index >= 15 is 0 Å². The van der Waals surface area contributed by atoms with E-state index in [-0.39, 0.29) is 5.75 Å². The van der Waals surface area contributed by atoms with Crippen molar-refractivity contribution in [2.45, 2.75) is 6.92 Å². The molecule has 0 fully saturated rings. The van der Waals surface area contributed by atoms with Gasteiger partial charge in [-0.25, -0.2) is 13.4 Å². The number of sulfone groups is 1. The zero-order valence-electron chi connectivity index (χ0n) is 7.29. The van der Waals surface area contributed by atoms with Crippen molar-refractivity contribution in [1.29, 1.82) is 0 Å². The zero-order valence-corrected chi connectivity index (χ0v) is 8.11. The van der Waals surface area contributed by atoms with E-state index < -0.39 is 9.84 Å². The minimum absolute atomic E-state index is 0.210. The predicted octanol–water partition coefficient (Wildman–Crippen LogP) is -0.513. The van der Waals surface area contributed by atoms with Gasteiger partial charge in [-0.15, -0.1) is 0 Å². The van der Waals surface area contributed by atoms with Crippen LogP contribution in [0.5, 0.6) is 0 Å². The lowest BCUT2D eigenvalue weighted by atomic mass is 10.6. The van der Waals surface area contributed by atoms with E-state index in [0.29, 0.717) is 6.54 Å². The van der Waals surface area contributed by atoms with Gasteiger partial charge in [0.1, 0.15) is 9.84 Å². The van der Waals surface area contributed by atoms with Crippen LogP contribution in [0.4, 0.5) is 0 Å². The summed E-state index contributed by atoms with van der Waals surface area (Å²) in [6.07, 6.45) is 1.25. The van der Waals surface area contributed by atoms with Crippen LogP contribution in [0.3, 0.4) is 0 Å². The number of nitrogens with zero attached hydrogens (tertiary/aromatic N) is 1. The molecule has 0 spiro atoms. The predicted molar refractivity (Wildman–Crippen MR) is 46.0 cm³/mol. The molecule has 0 aromatic heterocycles. The molecule has 0 aliphatic carbocycles. The van der Waals surface area contributed by atoms with Crippen molar-refractivity contribution in [3.8, 4) is 0 Å². The minimum atomic E-state index is -2.82. The lowest BCUT2D eigenvalue weighted by Gasteiger charge is -2.17. The Bertz CT molecular complexity index is 185. The molecule has 4 nitrogen and oxygen atoms in total. The van der Waals surface area contributed by atoms with Gasteiger partial charge in [0.05, 0.1) is 5.75 Å². The fraction of sp³-hybridized carbons (Fsp3) is 1.00. The minimum Gasteiger partial charge on any atom is -0.258 e. The van der Waals surface area contributed by atoms with Gasteiger partial charge in [0.15, 0.2) is 0 Å². The Morgan fingerprint density at radius 2 is 2.00 bits per heavy atom. The topological polar surface area (TPSA) is 49.4 Å². The van der Waals surface area contributed by atoms with Crippen molar-refractivity contribution in [3.05, 3.63) is 0 Å². The summed E-state index contributed by atoms with van der Waals surface area (Å²) in [4.78, 5) is 0. The largest absolute Gasteiger partial charge is 0.258 e.